The van der Waals surface area contributed by atoms with Crippen molar-refractivity contribution in [1.82, 2.24) is 20.5 Å². The third kappa shape index (κ3) is 12.9. The van der Waals surface area contributed by atoms with Gasteiger partial charge in [0, 0.05) is 19.5 Å². The van der Waals surface area contributed by atoms with Crippen molar-refractivity contribution < 1.29 is 57.1 Å². The van der Waals surface area contributed by atoms with Gasteiger partial charge in [-0.3, -0.25) is 19.2 Å². The van der Waals surface area contributed by atoms with Gasteiger partial charge in [0.1, 0.15) is 25.2 Å². The number of carboxylic acid groups (broad SMARTS) is 2. The normalized spacial score (nSPS) is 15.6. The molecule has 1 heterocycles. The molecule has 1 fully saturated rings. The van der Waals surface area contributed by atoms with Gasteiger partial charge in [-0.2, -0.15) is 0 Å². The molecule has 0 unspecified atom stereocenters. The average molecular weight is 584 g/mol. The zero-order valence-electron chi connectivity index (χ0n) is 21.2. The second-order valence-corrected chi connectivity index (χ2v) is 10.4. The highest BCUT2D eigenvalue weighted by molar-refractivity contribution is 7.91. The second kappa shape index (κ2) is 16.1. The van der Waals surface area contributed by atoms with E-state index >= 15 is 0 Å². The minimum absolute atomic E-state index is 0.110. The van der Waals surface area contributed by atoms with Crippen LogP contribution in [0.2, 0.25) is 0 Å². The fourth-order valence-electron chi connectivity index (χ4n) is 3.05. The number of ether oxygens (including phenoxy) is 1. The number of nitrogens with zero attached hydrogens (tertiary/aromatic N) is 4. The summed E-state index contributed by atoms with van der Waals surface area (Å²) in [6.45, 7) is 1.08. The van der Waals surface area contributed by atoms with Gasteiger partial charge in [-0.1, -0.05) is 0 Å². The molecule has 39 heavy (non-hydrogen) atoms. The van der Waals surface area contributed by atoms with Gasteiger partial charge in [-0.25, -0.2) is 13.2 Å². The number of rotatable bonds is 16. The van der Waals surface area contributed by atoms with Gasteiger partial charge >= 0.3 is 18.0 Å². The fourth-order valence-corrected chi connectivity index (χ4v) is 4.29. The number of carbonyl (C=O) groups excluding carboxylic acids is 3. The van der Waals surface area contributed by atoms with E-state index in [1.54, 1.807) is 6.92 Å². The summed E-state index contributed by atoms with van der Waals surface area (Å²) in [7, 11) is -4.12. The molecule has 3 amide bonds. The van der Waals surface area contributed by atoms with Gasteiger partial charge in [-0.15, -0.1) is 5.01 Å². The van der Waals surface area contributed by atoms with Crippen LogP contribution in [0.4, 0.5) is 4.79 Å². The van der Waals surface area contributed by atoms with Crippen LogP contribution in [0.15, 0.2) is 5.28 Å². The smallest absolute Gasteiger partial charge is 0.409 e. The maximum absolute atomic E-state index is 12.5. The van der Waals surface area contributed by atoms with Crippen molar-refractivity contribution in [2.75, 3.05) is 57.4 Å². The van der Waals surface area contributed by atoms with Crippen LogP contribution in [0.25, 0.3) is 0 Å². The lowest BCUT2D eigenvalue weighted by Crippen LogP contribution is -2.51. The highest BCUT2D eigenvalue weighted by Crippen LogP contribution is 2.05. The molecule has 1 saturated heterocycles. The first-order valence-electron chi connectivity index (χ1n) is 11.7. The summed E-state index contributed by atoms with van der Waals surface area (Å²) < 4.78 is 29.9. The highest BCUT2D eigenvalue weighted by Gasteiger charge is 2.29. The Kier molecular flexibility index (Phi) is 13.7. The van der Waals surface area contributed by atoms with E-state index in [0.29, 0.717) is 0 Å². The number of hydrazine groups is 1. The van der Waals surface area contributed by atoms with Crippen molar-refractivity contribution in [3.05, 3.63) is 5.21 Å². The Morgan fingerprint density at radius 2 is 1.79 bits per heavy atom. The number of aliphatic carboxylic acids is 2. The van der Waals surface area contributed by atoms with Crippen LogP contribution in [-0.4, -0.2) is 133 Å². The Morgan fingerprint density at radius 3 is 2.36 bits per heavy atom. The number of hydrogen-bond acceptors (Lipinski definition) is 12. The van der Waals surface area contributed by atoms with Crippen LogP contribution in [-0.2, 0) is 38.6 Å². The molecular weight excluding hydrogens is 550 g/mol. The predicted octanol–water partition coefficient (Wildman–Crippen LogP) is -3.14. The first-order chi connectivity index (χ1) is 18.3. The number of sulfone groups is 1. The van der Waals surface area contributed by atoms with E-state index in [2.05, 4.69) is 10.6 Å². The molecule has 0 bridgehead atoms. The summed E-state index contributed by atoms with van der Waals surface area (Å²) in [6.07, 6.45) is -1.25. The average Bonchev–Trinajstić information content (AvgIpc) is 2.87. The summed E-state index contributed by atoms with van der Waals surface area (Å²) >= 11 is 0. The van der Waals surface area contributed by atoms with E-state index in [1.165, 1.54) is 9.91 Å². The SMILES string of the molecule is CCOC(=O)N1CCN(/[N+]([O-])=N\OCCS(=O)(=O)C[C@H](NC(=O)CC[C@H](N)C(=O)O)C(=O)NCC(=O)O)CC1. The Morgan fingerprint density at radius 1 is 1.15 bits per heavy atom. The van der Waals surface area contributed by atoms with Crippen molar-refractivity contribution >= 4 is 39.7 Å². The number of hydrogen-bond donors (Lipinski definition) is 5. The molecule has 222 valence electrons. The zero-order chi connectivity index (χ0) is 29.6. The molecule has 2 atom stereocenters. The summed E-state index contributed by atoms with van der Waals surface area (Å²) in [5.74, 6) is -6.42. The first kappa shape index (κ1) is 33.1. The van der Waals surface area contributed by atoms with Crippen LogP contribution in [0, 0.1) is 5.21 Å². The lowest BCUT2D eigenvalue weighted by Gasteiger charge is -2.30. The molecule has 0 radical (unpaired) electrons. The minimum Gasteiger partial charge on any atom is -0.569 e. The third-order valence-corrected chi connectivity index (χ3v) is 6.75. The van der Waals surface area contributed by atoms with Gasteiger partial charge in [0.05, 0.1) is 36.2 Å². The lowest BCUT2D eigenvalue weighted by molar-refractivity contribution is -0.712. The number of piperazine rings is 1. The third-order valence-electron chi connectivity index (χ3n) is 5.12. The van der Waals surface area contributed by atoms with Crippen LogP contribution in [0.1, 0.15) is 19.8 Å². The molecule has 20 heteroatoms. The van der Waals surface area contributed by atoms with E-state index in [-0.39, 0.29) is 44.2 Å². The molecule has 1 rings (SSSR count). The fraction of sp³-hybridized carbons (Fsp3) is 0.737. The molecule has 0 aliphatic carbocycles. The molecule has 1 aliphatic heterocycles. The monoisotopic (exact) mass is 583 g/mol. The quantitative estimate of drug-likeness (QED) is 0.0520. The van der Waals surface area contributed by atoms with E-state index in [1.807, 2.05) is 5.32 Å². The van der Waals surface area contributed by atoms with Gasteiger partial charge in [0.15, 0.2) is 9.84 Å². The van der Waals surface area contributed by atoms with Gasteiger partial charge < -0.3 is 46.3 Å². The largest absolute Gasteiger partial charge is 0.569 e. The maximum Gasteiger partial charge on any atom is 0.409 e. The maximum atomic E-state index is 12.5. The predicted molar refractivity (Wildman–Crippen MR) is 128 cm³/mol. The molecule has 0 spiro atoms. The van der Waals surface area contributed by atoms with Crippen molar-refractivity contribution in [2.45, 2.75) is 31.8 Å². The summed E-state index contributed by atoms with van der Waals surface area (Å²) in [5.41, 5.74) is 5.31. The second-order valence-electron chi connectivity index (χ2n) is 8.14. The van der Waals surface area contributed by atoms with Gasteiger partial charge in [0.2, 0.25) is 17.1 Å². The summed E-state index contributed by atoms with van der Waals surface area (Å²) in [6, 6.07) is -3.06. The van der Waals surface area contributed by atoms with Gasteiger partial charge in [0.25, 0.3) is 0 Å². The van der Waals surface area contributed by atoms with Gasteiger partial charge in [-0.05, 0) is 13.3 Å². The Labute approximate surface area is 223 Å². The summed E-state index contributed by atoms with van der Waals surface area (Å²) in [5, 5.41) is 38.1. The molecule has 1 aliphatic rings. The Bertz CT molecular complexity index is 1010. The zero-order valence-corrected chi connectivity index (χ0v) is 22.0. The molecule has 0 aromatic carbocycles. The number of carboxylic acids is 2. The van der Waals surface area contributed by atoms with E-state index in [9.17, 15) is 37.6 Å². The summed E-state index contributed by atoms with van der Waals surface area (Å²) in [4.78, 5) is 63.9. The van der Waals surface area contributed by atoms with E-state index < -0.39 is 82.8 Å². The van der Waals surface area contributed by atoms with E-state index in [0.717, 1.165) is 0 Å². The molecular formula is C19H33N7O12S. The number of nitrogens with two attached hydrogens (primary N) is 1. The van der Waals surface area contributed by atoms with Crippen molar-refractivity contribution in [1.29, 1.82) is 0 Å². The molecule has 19 nitrogen and oxygen atoms in total. The first-order valence-corrected chi connectivity index (χ1v) is 13.5. The molecule has 0 aromatic heterocycles. The Balaban J connectivity index is 2.64. The van der Waals surface area contributed by atoms with E-state index in [4.69, 9.17) is 25.5 Å². The minimum atomic E-state index is -4.12. The van der Waals surface area contributed by atoms with Crippen LogP contribution in [0.3, 0.4) is 0 Å². The van der Waals surface area contributed by atoms with Crippen molar-refractivity contribution in [3.8, 4) is 0 Å². The standard InChI is InChI=1S/C19H33N7O12S/c1-2-37-19(33)24-5-7-25(8-6-24)26(34)23-38-9-10-39(35,36)12-14(17(30)21-11-16(28)29)22-15(27)4-3-13(20)18(31)32/h13-14H,2-12,20H2,1H3,(H,21,30)(H,22,27)(H,28,29)(H,31,32)/b26-23+/t13-,14-/m0/s1. The topological polar surface area (TPSA) is 273 Å². The van der Waals surface area contributed by atoms with Crippen molar-refractivity contribution in [2.24, 2.45) is 11.0 Å². The number of amides is 3. The lowest BCUT2D eigenvalue weighted by atomic mass is 10.1. The van der Waals surface area contributed by atoms with Crippen LogP contribution in [0.5, 0.6) is 0 Å². The molecule has 0 aromatic rings. The number of nitrogens with one attached hydrogen (secondary N) is 2. The van der Waals surface area contributed by atoms with Crippen molar-refractivity contribution in [3.63, 3.8) is 0 Å². The molecule has 0 saturated carbocycles. The number of carbonyl (C=O) groups is 5. The van der Waals surface area contributed by atoms with Crippen LogP contribution >= 0.6 is 0 Å². The Hall–Kier alpha value is -3.94. The highest BCUT2D eigenvalue weighted by atomic mass is 32.2. The van der Waals surface area contributed by atoms with Crippen LogP contribution < -0.4 is 16.4 Å². The molecule has 6 N–H and O–H groups in total.